The van der Waals surface area contributed by atoms with Gasteiger partial charge in [0, 0.05) is 49.8 Å². The van der Waals surface area contributed by atoms with Gasteiger partial charge in [0.25, 0.3) is 0 Å². The van der Waals surface area contributed by atoms with Crippen LogP contribution in [-0.4, -0.2) is 80.3 Å². The van der Waals surface area contributed by atoms with E-state index in [1.165, 1.54) is 11.1 Å². The van der Waals surface area contributed by atoms with Crippen molar-refractivity contribution in [1.29, 1.82) is 0 Å². The molecule has 2 aliphatic rings. The summed E-state index contributed by atoms with van der Waals surface area (Å²) in [6.07, 6.45) is 3.02. The Labute approximate surface area is 245 Å². The summed E-state index contributed by atoms with van der Waals surface area (Å²) in [5, 5.41) is 8.93. The van der Waals surface area contributed by atoms with Gasteiger partial charge >= 0.3 is 0 Å². The van der Waals surface area contributed by atoms with Crippen molar-refractivity contribution in [3.8, 4) is 0 Å². The molecular formula is C31H39BrN6O2. The third-order valence-corrected chi connectivity index (χ3v) is 9.63. The van der Waals surface area contributed by atoms with Gasteiger partial charge in [0.05, 0.1) is 17.9 Å². The standard InChI is InChI=1S/C31H39BrN6O2/c1-21-15-26(11-12-28(21)32)24(4)38-20-27(33-34-38)19-37-22(2)17-36(18-23(37)3)30(40)31(13-14-35(5)29(31)39)16-25-9-7-6-8-10-25/h6-12,15,20,22-24H,13-14,16-19H2,1-5H3/t22-,23+,24-,31?/m0/s1. The van der Waals surface area contributed by atoms with E-state index >= 15 is 0 Å². The molecule has 0 spiro atoms. The molecule has 0 N–H and O–H groups in total. The number of benzene rings is 2. The third-order valence-electron chi connectivity index (χ3n) is 8.74. The van der Waals surface area contributed by atoms with E-state index in [-0.39, 0.29) is 29.9 Å². The molecule has 0 radical (unpaired) electrons. The number of hydrogen-bond acceptors (Lipinski definition) is 5. The molecule has 4 atom stereocenters. The SMILES string of the molecule is Cc1cc([C@H](C)n2cc(CN3[C@H](C)CN(C(=O)C4(Cc5ccccc5)CCN(C)C4=O)C[C@@H]3C)nn2)ccc1Br. The molecular weight excluding hydrogens is 568 g/mol. The van der Waals surface area contributed by atoms with Gasteiger partial charge in [-0.05, 0) is 63.3 Å². The number of aryl methyl sites for hydroxylation is 1. The second-order valence-electron chi connectivity index (χ2n) is 11.7. The van der Waals surface area contributed by atoms with Crippen LogP contribution in [0.1, 0.15) is 55.6 Å². The van der Waals surface area contributed by atoms with Crippen LogP contribution in [0.15, 0.2) is 59.2 Å². The fraction of sp³-hybridized carbons (Fsp3) is 0.484. The molecule has 0 saturated carbocycles. The Morgan fingerprint density at radius 1 is 1.12 bits per heavy atom. The normalized spacial score (nSPS) is 24.5. The number of hydrogen-bond donors (Lipinski definition) is 0. The molecule has 40 heavy (non-hydrogen) atoms. The number of piperazine rings is 1. The summed E-state index contributed by atoms with van der Waals surface area (Å²) >= 11 is 3.58. The van der Waals surface area contributed by atoms with Gasteiger partial charge in [0.1, 0.15) is 5.41 Å². The van der Waals surface area contributed by atoms with Gasteiger partial charge in [-0.25, -0.2) is 4.68 Å². The Hall–Kier alpha value is -3.04. The van der Waals surface area contributed by atoms with Crippen LogP contribution >= 0.6 is 15.9 Å². The Morgan fingerprint density at radius 3 is 2.45 bits per heavy atom. The van der Waals surface area contributed by atoms with Crippen LogP contribution in [0.2, 0.25) is 0 Å². The number of likely N-dealkylation sites (tertiary alicyclic amines) is 1. The summed E-state index contributed by atoms with van der Waals surface area (Å²) in [6.45, 7) is 11.0. The second-order valence-corrected chi connectivity index (χ2v) is 12.5. The number of rotatable bonds is 7. The molecule has 9 heteroatoms. The molecule has 1 aromatic heterocycles. The first kappa shape index (κ1) is 28.5. The summed E-state index contributed by atoms with van der Waals surface area (Å²) < 4.78 is 3.02. The van der Waals surface area contributed by atoms with Crippen LogP contribution in [0.3, 0.4) is 0 Å². The average Bonchev–Trinajstić information content (AvgIpc) is 3.52. The van der Waals surface area contributed by atoms with E-state index in [2.05, 4.69) is 77.0 Å². The molecule has 2 aromatic carbocycles. The number of carbonyl (C=O) groups excluding carboxylic acids is 2. The third kappa shape index (κ3) is 5.46. The summed E-state index contributed by atoms with van der Waals surface area (Å²) in [5.74, 6) is -0.0931. The van der Waals surface area contributed by atoms with Crippen LogP contribution in [0.4, 0.5) is 0 Å². The molecule has 2 aliphatic heterocycles. The maximum Gasteiger partial charge on any atom is 0.238 e. The minimum Gasteiger partial charge on any atom is -0.345 e. The monoisotopic (exact) mass is 606 g/mol. The van der Waals surface area contributed by atoms with E-state index in [1.54, 1.807) is 11.9 Å². The van der Waals surface area contributed by atoms with Crippen LogP contribution < -0.4 is 0 Å². The average molecular weight is 608 g/mol. The van der Waals surface area contributed by atoms with E-state index < -0.39 is 5.41 Å². The number of amides is 2. The zero-order chi connectivity index (χ0) is 28.6. The van der Waals surface area contributed by atoms with Gasteiger partial charge in [0.2, 0.25) is 11.8 Å². The molecule has 0 bridgehead atoms. The molecule has 8 nitrogen and oxygen atoms in total. The number of aromatic nitrogens is 3. The highest BCUT2D eigenvalue weighted by Gasteiger charge is 2.54. The van der Waals surface area contributed by atoms with Crippen molar-refractivity contribution in [3.05, 3.63) is 81.6 Å². The van der Waals surface area contributed by atoms with Crippen molar-refractivity contribution in [2.24, 2.45) is 5.41 Å². The Kier molecular flexibility index (Phi) is 8.15. The van der Waals surface area contributed by atoms with Gasteiger partial charge in [-0.1, -0.05) is 63.6 Å². The van der Waals surface area contributed by atoms with Crippen molar-refractivity contribution in [2.45, 2.75) is 65.2 Å². The minimum atomic E-state index is -1.03. The maximum absolute atomic E-state index is 14.1. The van der Waals surface area contributed by atoms with E-state index in [4.69, 9.17) is 0 Å². The Balaban J connectivity index is 1.28. The predicted octanol–water partition coefficient (Wildman–Crippen LogP) is 4.47. The van der Waals surface area contributed by atoms with Gasteiger partial charge < -0.3 is 9.80 Å². The fourth-order valence-corrected chi connectivity index (χ4v) is 6.54. The molecule has 212 valence electrons. The van der Waals surface area contributed by atoms with Crippen molar-refractivity contribution in [1.82, 2.24) is 29.7 Å². The van der Waals surface area contributed by atoms with Crippen molar-refractivity contribution < 1.29 is 9.59 Å². The fourth-order valence-electron chi connectivity index (χ4n) is 6.29. The highest BCUT2D eigenvalue weighted by Crippen LogP contribution is 2.38. The lowest BCUT2D eigenvalue weighted by molar-refractivity contribution is -0.154. The van der Waals surface area contributed by atoms with Gasteiger partial charge in [-0.2, -0.15) is 0 Å². The quantitative estimate of drug-likeness (QED) is 0.371. The molecule has 2 amide bonds. The number of carbonyl (C=O) groups is 2. The first-order valence-electron chi connectivity index (χ1n) is 14.1. The lowest BCUT2D eigenvalue weighted by atomic mass is 9.78. The van der Waals surface area contributed by atoms with Gasteiger partial charge in [-0.15, -0.1) is 5.10 Å². The van der Waals surface area contributed by atoms with E-state index in [0.29, 0.717) is 39.0 Å². The zero-order valence-electron chi connectivity index (χ0n) is 24.0. The van der Waals surface area contributed by atoms with E-state index in [0.717, 1.165) is 15.7 Å². The number of nitrogens with zero attached hydrogens (tertiary/aromatic N) is 6. The molecule has 3 heterocycles. The van der Waals surface area contributed by atoms with Crippen molar-refractivity contribution in [3.63, 3.8) is 0 Å². The maximum atomic E-state index is 14.1. The summed E-state index contributed by atoms with van der Waals surface area (Å²) in [4.78, 5) is 33.6. The minimum absolute atomic E-state index is 0.0337. The lowest BCUT2D eigenvalue weighted by Gasteiger charge is -2.46. The first-order chi connectivity index (χ1) is 19.1. The van der Waals surface area contributed by atoms with Crippen LogP contribution in [-0.2, 0) is 22.6 Å². The van der Waals surface area contributed by atoms with E-state index in [9.17, 15) is 9.59 Å². The topological polar surface area (TPSA) is 74.6 Å². The molecule has 5 rings (SSSR count). The molecule has 1 unspecified atom stereocenters. The van der Waals surface area contributed by atoms with Crippen molar-refractivity contribution in [2.75, 3.05) is 26.7 Å². The smallest absolute Gasteiger partial charge is 0.238 e. The Morgan fingerprint density at radius 2 is 1.82 bits per heavy atom. The second kappa shape index (κ2) is 11.4. The van der Waals surface area contributed by atoms with Crippen molar-refractivity contribution >= 4 is 27.7 Å². The summed E-state index contributed by atoms with van der Waals surface area (Å²) in [6, 6.07) is 16.6. The van der Waals surface area contributed by atoms with Crippen LogP contribution in [0.25, 0.3) is 0 Å². The van der Waals surface area contributed by atoms with Gasteiger partial charge in [-0.3, -0.25) is 14.5 Å². The van der Waals surface area contributed by atoms with Gasteiger partial charge in [0.15, 0.2) is 0 Å². The summed E-state index contributed by atoms with van der Waals surface area (Å²) in [7, 11) is 1.80. The van der Waals surface area contributed by atoms with Crippen LogP contribution in [0.5, 0.6) is 0 Å². The largest absolute Gasteiger partial charge is 0.345 e. The van der Waals surface area contributed by atoms with E-state index in [1.807, 2.05) is 46.1 Å². The highest BCUT2D eigenvalue weighted by atomic mass is 79.9. The number of halogens is 1. The van der Waals surface area contributed by atoms with Crippen LogP contribution in [0, 0.1) is 12.3 Å². The molecule has 0 aliphatic carbocycles. The lowest BCUT2D eigenvalue weighted by Crippen LogP contribution is -2.61. The molecule has 3 aromatic rings. The summed E-state index contributed by atoms with van der Waals surface area (Å²) in [5.41, 5.74) is 3.28. The molecule has 2 fully saturated rings. The first-order valence-corrected chi connectivity index (χ1v) is 14.9. The highest BCUT2D eigenvalue weighted by molar-refractivity contribution is 9.10. The molecule has 2 saturated heterocycles. The zero-order valence-corrected chi connectivity index (χ0v) is 25.6. The Bertz CT molecular complexity index is 1370. The predicted molar refractivity (Wildman–Crippen MR) is 159 cm³/mol.